The molecule has 0 spiro atoms. The molecule has 0 aliphatic rings. The molecule has 110 valence electrons. The Morgan fingerprint density at radius 3 is 2.37 bits per heavy atom. The van der Waals surface area contributed by atoms with E-state index in [2.05, 4.69) is 10.4 Å². The van der Waals surface area contributed by atoms with Crippen molar-refractivity contribution in [1.82, 2.24) is 15.1 Å². The Labute approximate surface area is 112 Å². The molecule has 0 fully saturated rings. The van der Waals surface area contributed by atoms with Gasteiger partial charge in [-0.25, -0.2) is 0 Å². The van der Waals surface area contributed by atoms with Crippen LogP contribution in [-0.4, -0.2) is 22.5 Å². The summed E-state index contributed by atoms with van der Waals surface area (Å²) in [7, 11) is 1.81. The zero-order valence-corrected chi connectivity index (χ0v) is 11.9. The second kappa shape index (κ2) is 6.41. The lowest BCUT2D eigenvalue weighted by molar-refractivity contribution is -0.136. The van der Waals surface area contributed by atoms with E-state index in [1.807, 2.05) is 27.8 Å². The van der Waals surface area contributed by atoms with Gasteiger partial charge in [0.25, 0.3) is 0 Å². The lowest BCUT2D eigenvalue weighted by Gasteiger charge is -2.20. The number of nitrogens with one attached hydrogen (secondary N) is 1. The molecule has 0 aliphatic carbocycles. The molecule has 1 heterocycles. The van der Waals surface area contributed by atoms with Crippen LogP contribution in [0.2, 0.25) is 0 Å². The van der Waals surface area contributed by atoms with E-state index in [-0.39, 0.29) is 12.5 Å². The van der Waals surface area contributed by atoms with Gasteiger partial charge in [-0.1, -0.05) is 6.92 Å². The Balaban J connectivity index is 2.89. The summed E-state index contributed by atoms with van der Waals surface area (Å²) in [5, 5.41) is 7.48. The van der Waals surface area contributed by atoms with Gasteiger partial charge in [-0.3, -0.25) is 4.68 Å². The summed E-state index contributed by atoms with van der Waals surface area (Å²) in [6, 6.07) is -0.282. The highest BCUT2D eigenvalue weighted by atomic mass is 19.4. The molecule has 0 bridgehead atoms. The van der Waals surface area contributed by atoms with Crippen LogP contribution >= 0.6 is 0 Å². The Kier molecular flexibility index (Phi) is 5.40. The quantitative estimate of drug-likeness (QED) is 0.863. The number of alkyl halides is 3. The van der Waals surface area contributed by atoms with Crippen LogP contribution in [0, 0.1) is 13.8 Å². The number of hydrogen-bond donors (Lipinski definition) is 1. The van der Waals surface area contributed by atoms with Gasteiger partial charge in [-0.15, -0.1) is 0 Å². The van der Waals surface area contributed by atoms with E-state index in [4.69, 9.17) is 0 Å². The van der Waals surface area contributed by atoms with E-state index in [0.717, 1.165) is 23.4 Å². The number of hydrogen-bond acceptors (Lipinski definition) is 2. The van der Waals surface area contributed by atoms with Gasteiger partial charge in [0.15, 0.2) is 0 Å². The van der Waals surface area contributed by atoms with Gasteiger partial charge in [0.1, 0.15) is 0 Å². The number of rotatable bonds is 6. The van der Waals surface area contributed by atoms with Gasteiger partial charge < -0.3 is 5.32 Å². The van der Waals surface area contributed by atoms with Crippen molar-refractivity contribution >= 4 is 0 Å². The van der Waals surface area contributed by atoms with E-state index < -0.39 is 12.6 Å². The molecule has 0 amide bonds. The fraction of sp³-hybridized carbons (Fsp3) is 0.769. The monoisotopic (exact) mass is 277 g/mol. The zero-order chi connectivity index (χ0) is 14.6. The van der Waals surface area contributed by atoms with Crippen LogP contribution in [0.25, 0.3) is 0 Å². The van der Waals surface area contributed by atoms with E-state index in [9.17, 15) is 13.2 Å². The third-order valence-electron chi connectivity index (χ3n) is 3.27. The van der Waals surface area contributed by atoms with Crippen LogP contribution in [0.4, 0.5) is 13.2 Å². The first-order valence-electron chi connectivity index (χ1n) is 6.56. The second-order valence-electron chi connectivity index (χ2n) is 4.87. The molecule has 19 heavy (non-hydrogen) atoms. The average molecular weight is 277 g/mol. The summed E-state index contributed by atoms with van der Waals surface area (Å²) in [6.07, 6.45) is -3.95. The SMILES string of the molecule is CCCNC(CCC(F)(F)F)c1c(C)nn(C)c1C. The third kappa shape index (κ3) is 4.53. The van der Waals surface area contributed by atoms with Crippen LogP contribution in [-0.2, 0) is 7.05 Å². The fourth-order valence-electron chi connectivity index (χ4n) is 2.27. The molecule has 3 nitrogen and oxygen atoms in total. The molecular weight excluding hydrogens is 255 g/mol. The number of aryl methyl sites for hydroxylation is 2. The molecular formula is C13H22F3N3. The largest absolute Gasteiger partial charge is 0.389 e. The topological polar surface area (TPSA) is 29.9 Å². The first-order valence-corrected chi connectivity index (χ1v) is 6.56. The van der Waals surface area contributed by atoms with Crippen molar-refractivity contribution in [2.45, 2.75) is 52.3 Å². The molecule has 0 radical (unpaired) electrons. The lowest BCUT2D eigenvalue weighted by atomic mass is 9.99. The second-order valence-corrected chi connectivity index (χ2v) is 4.87. The third-order valence-corrected chi connectivity index (χ3v) is 3.27. The molecule has 1 aromatic rings. The van der Waals surface area contributed by atoms with Crippen molar-refractivity contribution in [2.24, 2.45) is 7.05 Å². The highest BCUT2D eigenvalue weighted by Crippen LogP contribution is 2.30. The summed E-state index contributed by atoms with van der Waals surface area (Å²) in [5.74, 6) is 0. The van der Waals surface area contributed by atoms with Gasteiger partial charge in [-0.05, 0) is 33.2 Å². The molecule has 1 unspecified atom stereocenters. The molecule has 0 aromatic carbocycles. The van der Waals surface area contributed by atoms with Crippen molar-refractivity contribution in [3.63, 3.8) is 0 Å². The predicted octanol–water partition coefficient (Wildman–Crippen LogP) is 3.42. The normalized spacial score (nSPS) is 13.8. The highest BCUT2D eigenvalue weighted by Gasteiger charge is 2.30. The Bertz CT molecular complexity index is 410. The summed E-state index contributed by atoms with van der Waals surface area (Å²) in [4.78, 5) is 0. The first-order chi connectivity index (χ1) is 8.76. The van der Waals surface area contributed by atoms with E-state index >= 15 is 0 Å². The highest BCUT2D eigenvalue weighted by molar-refractivity contribution is 5.28. The first kappa shape index (κ1) is 16.0. The van der Waals surface area contributed by atoms with Crippen LogP contribution in [0.3, 0.4) is 0 Å². The van der Waals surface area contributed by atoms with Crippen molar-refractivity contribution < 1.29 is 13.2 Å². The van der Waals surface area contributed by atoms with E-state index in [1.165, 1.54) is 0 Å². The molecule has 6 heteroatoms. The fourth-order valence-corrected chi connectivity index (χ4v) is 2.27. The maximum atomic E-state index is 12.4. The lowest BCUT2D eigenvalue weighted by Crippen LogP contribution is -2.25. The summed E-state index contributed by atoms with van der Waals surface area (Å²) in [5.41, 5.74) is 2.63. The molecule has 1 N–H and O–H groups in total. The molecule has 0 aliphatic heterocycles. The van der Waals surface area contributed by atoms with Gasteiger partial charge in [0, 0.05) is 30.8 Å². The molecule has 1 atom stereocenters. The minimum Gasteiger partial charge on any atom is -0.310 e. The van der Waals surface area contributed by atoms with Gasteiger partial charge >= 0.3 is 6.18 Å². The van der Waals surface area contributed by atoms with Crippen LogP contribution in [0.15, 0.2) is 0 Å². The zero-order valence-electron chi connectivity index (χ0n) is 11.9. The maximum absolute atomic E-state index is 12.4. The summed E-state index contributed by atoms with van der Waals surface area (Å²) in [6.45, 7) is 6.44. The maximum Gasteiger partial charge on any atom is 0.389 e. The standard InChI is InChI=1S/C13H22F3N3/c1-5-8-17-11(6-7-13(14,15)16)12-9(2)18-19(4)10(12)3/h11,17H,5-8H2,1-4H3. The van der Waals surface area contributed by atoms with Gasteiger partial charge in [0.05, 0.1) is 5.69 Å². The van der Waals surface area contributed by atoms with Crippen molar-refractivity contribution in [3.8, 4) is 0 Å². The molecule has 1 aromatic heterocycles. The predicted molar refractivity (Wildman–Crippen MR) is 69.0 cm³/mol. The van der Waals surface area contributed by atoms with Crippen molar-refractivity contribution in [1.29, 1.82) is 0 Å². The smallest absolute Gasteiger partial charge is 0.310 e. The van der Waals surface area contributed by atoms with Crippen LogP contribution in [0.5, 0.6) is 0 Å². The van der Waals surface area contributed by atoms with E-state index in [0.29, 0.717) is 6.54 Å². The van der Waals surface area contributed by atoms with E-state index in [1.54, 1.807) is 4.68 Å². The number of aromatic nitrogens is 2. The Morgan fingerprint density at radius 1 is 1.32 bits per heavy atom. The average Bonchev–Trinajstić information content (AvgIpc) is 2.53. The number of halogens is 3. The summed E-state index contributed by atoms with van der Waals surface area (Å²) >= 11 is 0. The van der Waals surface area contributed by atoms with Crippen LogP contribution in [0.1, 0.15) is 49.2 Å². The van der Waals surface area contributed by atoms with Gasteiger partial charge in [-0.2, -0.15) is 18.3 Å². The molecule has 0 saturated heterocycles. The van der Waals surface area contributed by atoms with Crippen LogP contribution < -0.4 is 5.32 Å². The Morgan fingerprint density at radius 2 is 1.95 bits per heavy atom. The minimum atomic E-state index is -4.11. The minimum absolute atomic E-state index is 0.0525. The molecule has 1 rings (SSSR count). The van der Waals surface area contributed by atoms with Crippen molar-refractivity contribution in [3.05, 3.63) is 17.0 Å². The van der Waals surface area contributed by atoms with Gasteiger partial charge in [0.2, 0.25) is 0 Å². The number of nitrogens with zero attached hydrogens (tertiary/aromatic N) is 2. The summed E-state index contributed by atoms with van der Waals surface area (Å²) < 4.78 is 39.0. The Hall–Kier alpha value is -1.04. The van der Waals surface area contributed by atoms with Crippen molar-refractivity contribution in [2.75, 3.05) is 6.54 Å². The molecule has 0 saturated carbocycles.